The number of benzene rings is 1. The first-order chi connectivity index (χ1) is 7.29. The van der Waals surface area contributed by atoms with Crippen LogP contribution in [0, 0.1) is 0 Å². The molecule has 0 radical (unpaired) electrons. The summed E-state index contributed by atoms with van der Waals surface area (Å²) >= 11 is 5.48. The highest BCUT2D eigenvalue weighted by molar-refractivity contribution is 7.81. The molecule has 1 aromatic heterocycles. The van der Waals surface area contributed by atoms with Crippen LogP contribution in [0.4, 0.5) is 0 Å². The van der Waals surface area contributed by atoms with Crippen molar-refractivity contribution in [1.82, 2.24) is 10.3 Å². The van der Waals surface area contributed by atoms with Gasteiger partial charge in [0.15, 0.2) is 0 Å². The molecule has 0 atom stereocenters. The van der Waals surface area contributed by atoms with Gasteiger partial charge in [0.25, 0.3) is 0 Å². The first-order valence-corrected chi connectivity index (χ1v) is 5.96. The summed E-state index contributed by atoms with van der Waals surface area (Å²) in [6.07, 6.45) is 0. The van der Waals surface area contributed by atoms with Gasteiger partial charge in [-0.25, -0.2) is 4.98 Å². The molecule has 0 saturated carbocycles. The number of aromatic nitrogens is 1. The van der Waals surface area contributed by atoms with Crippen molar-refractivity contribution in [3.8, 4) is 0 Å². The van der Waals surface area contributed by atoms with Gasteiger partial charge in [0.1, 0.15) is 5.01 Å². The van der Waals surface area contributed by atoms with Crippen LogP contribution in [0.15, 0.2) is 24.3 Å². The fraction of sp³-hybridized carbons (Fsp3) is 0.200. The lowest BCUT2D eigenvalue weighted by atomic mass is 10.3. The SMILES string of the molecule is O=C(CS)NCc1nc2ccccc2s1. The molecule has 1 heterocycles. The van der Waals surface area contributed by atoms with Gasteiger partial charge in [-0.05, 0) is 12.1 Å². The molecule has 78 valence electrons. The molecule has 1 N–H and O–H groups in total. The summed E-state index contributed by atoms with van der Waals surface area (Å²) in [6.45, 7) is 0.485. The number of hydrogen-bond acceptors (Lipinski definition) is 4. The van der Waals surface area contributed by atoms with Gasteiger partial charge in [-0.3, -0.25) is 4.79 Å². The van der Waals surface area contributed by atoms with E-state index in [2.05, 4.69) is 22.9 Å². The van der Waals surface area contributed by atoms with Crippen molar-refractivity contribution < 1.29 is 4.79 Å². The van der Waals surface area contributed by atoms with Gasteiger partial charge < -0.3 is 5.32 Å². The molecular weight excluding hydrogens is 228 g/mol. The first-order valence-electron chi connectivity index (χ1n) is 4.51. The Morgan fingerprint density at radius 3 is 3.00 bits per heavy atom. The average molecular weight is 238 g/mol. The van der Waals surface area contributed by atoms with Crippen molar-refractivity contribution in [2.45, 2.75) is 6.54 Å². The number of nitrogens with zero attached hydrogens (tertiary/aromatic N) is 1. The number of fused-ring (bicyclic) bond motifs is 1. The Balaban J connectivity index is 2.12. The fourth-order valence-electron chi connectivity index (χ4n) is 1.23. The van der Waals surface area contributed by atoms with Gasteiger partial charge >= 0.3 is 0 Å². The highest BCUT2D eigenvalue weighted by atomic mass is 32.1. The summed E-state index contributed by atoms with van der Waals surface area (Å²) in [6, 6.07) is 7.93. The highest BCUT2D eigenvalue weighted by Crippen LogP contribution is 2.21. The van der Waals surface area contributed by atoms with E-state index in [9.17, 15) is 4.79 Å². The molecule has 3 nitrogen and oxygen atoms in total. The number of carbonyl (C=O) groups excluding carboxylic acids is 1. The second kappa shape index (κ2) is 4.63. The van der Waals surface area contributed by atoms with Crippen molar-refractivity contribution in [1.29, 1.82) is 0 Å². The summed E-state index contributed by atoms with van der Waals surface area (Å²) in [5.74, 6) is 0.142. The van der Waals surface area contributed by atoms with E-state index in [4.69, 9.17) is 0 Å². The molecular formula is C10H10N2OS2. The average Bonchev–Trinajstić information content (AvgIpc) is 2.68. The van der Waals surface area contributed by atoms with E-state index >= 15 is 0 Å². The topological polar surface area (TPSA) is 42.0 Å². The van der Waals surface area contributed by atoms with E-state index < -0.39 is 0 Å². The predicted molar refractivity (Wildman–Crippen MR) is 65.3 cm³/mol. The van der Waals surface area contributed by atoms with Gasteiger partial charge in [0.2, 0.25) is 5.91 Å². The van der Waals surface area contributed by atoms with Crippen molar-refractivity contribution in [3.63, 3.8) is 0 Å². The maximum atomic E-state index is 11.0. The van der Waals surface area contributed by atoms with Crippen molar-refractivity contribution >= 4 is 40.1 Å². The molecule has 1 amide bonds. The van der Waals surface area contributed by atoms with Crippen LogP contribution in [0.25, 0.3) is 10.2 Å². The molecule has 1 aromatic carbocycles. The monoisotopic (exact) mass is 238 g/mol. The molecule has 0 aliphatic heterocycles. The lowest BCUT2D eigenvalue weighted by Crippen LogP contribution is -2.23. The van der Waals surface area contributed by atoms with Gasteiger partial charge in [-0.2, -0.15) is 12.6 Å². The molecule has 0 aliphatic carbocycles. The summed E-state index contributed by atoms with van der Waals surface area (Å²) in [7, 11) is 0. The zero-order valence-corrected chi connectivity index (χ0v) is 9.65. The van der Waals surface area contributed by atoms with Crippen LogP contribution >= 0.6 is 24.0 Å². The molecule has 2 aromatic rings. The number of thiol groups is 1. The van der Waals surface area contributed by atoms with Crippen LogP contribution < -0.4 is 5.32 Å². The number of rotatable bonds is 3. The summed E-state index contributed by atoms with van der Waals surface area (Å²) in [5, 5.41) is 3.66. The molecule has 0 saturated heterocycles. The summed E-state index contributed by atoms with van der Waals surface area (Å²) in [5.41, 5.74) is 0.984. The first kappa shape index (κ1) is 10.4. The van der Waals surface area contributed by atoms with Crippen LogP contribution in [0.3, 0.4) is 0 Å². The smallest absolute Gasteiger partial charge is 0.230 e. The summed E-state index contributed by atoms with van der Waals surface area (Å²) < 4.78 is 1.15. The molecule has 2 rings (SSSR count). The zero-order chi connectivity index (χ0) is 10.7. The Morgan fingerprint density at radius 1 is 1.47 bits per heavy atom. The van der Waals surface area contributed by atoms with Gasteiger partial charge in [0.05, 0.1) is 22.5 Å². The Hall–Kier alpha value is -1.07. The standard InChI is InChI=1S/C10H10N2OS2/c13-9(6-14)11-5-10-12-7-3-1-2-4-8(7)15-10/h1-4,14H,5-6H2,(H,11,13). The number of amides is 1. The third-order valence-corrected chi connectivity index (χ3v) is 3.24. The minimum Gasteiger partial charge on any atom is -0.349 e. The third kappa shape index (κ3) is 2.49. The van der Waals surface area contributed by atoms with E-state index in [0.717, 1.165) is 15.2 Å². The largest absolute Gasteiger partial charge is 0.349 e. The van der Waals surface area contributed by atoms with Crippen LogP contribution in [-0.2, 0) is 11.3 Å². The minimum atomic E-state index is -0.0717. The second-order valence-electron chi connectivity index (χ2n) is 3.01. The van der Waals surface area contributed by atoms with Crippen LogP contribution in [-0.4, -0.2) is 16.6 Å². The zero-order valence-electron chi connectivity index (χ0n) is 7.93. The molecule has 5 heteroatoms. The molecule has 0 bridgehead atoms. The van der Waals surface area contributed by atoms with Crippen LogP contribution in [0.5, 0.6) is 0 Å². The molecule has 0 fully saturated rings. The Kier molecular flexibility index (Phi) is 3.23. The lowest BCUT2D eigenvalue weighted by Gasteiger charge is -1.97. The van der Waals surface area contributed by atoms with E-state index in [1.807, 2.05) is 24.3 Å². The third-order valence-electron chi connectivity index (χ3n) is 1.92. The maximum absolute atomic E-state index is 11.0. The van der Waals surface area contributed by atoms with E-state index in [0.29, 0.717) is 6.54 Å². The minimum absolute atomic E-state index is 0.0717. The van der Waals surface area contributed by atoms with Crippen molar-refractivity contribution in [2.75, 3.05) is 5.75 Å². The molecule has 0 unspecified atom stereocenters. The van der Waals surface area contributed by atoms with Crippen LogP contribution in [0.2, 0.25) is 0 Å². The molecule has 0 aliphatic rings. The fourth-order valence-corrected chi connectivity index (χ4v) is 2.24. The van der Waals surface area contributed by atoms with E-state index in [-0.39, 0.29) is 11.7 Å². The Bertz CT molecular complexity index is 448. The number of thiazole rings is 1. The summed E-state index contributed by atoms with van der Waals surface area (Å²) in [4.78, 5) is 15.4. The number of carbonyl (C=O) groups is 1. The van der Waals surface area contributed by atoms with Crippen LogP contribution in [0.1, 0.15) is 5.01 Å². The van der Waals surface area contributed by atoms with Gasteiger partial charge in [0, 0.05) is 0 Å². The Labute approximate surface area is 96.9 Å². The van der Waals surface area contributed by atoms with Crippen molar-refractivity contribution in [3.05, 3.63) is 29.3 Å². The maximum Gasteiger partial charge on any atom is 0.230 e. The van der Waals surface area contributed by atoms with Gasteiger partial charge in [-0.1, -0.05) is 12.1 Å². The number of nitrogens with one attached hydrogen (secondary N) is 1. The van der Waals surface area contributed by atoms with Crippen molar-refractivity contribution in [2.24, 2.45) is 0 Å². The highest BCUT2D eigenvalue weighted by Gasteiger charge is 2.03. The molecule has 15 heavy (non-hydrogen) atoms. The van der Waals surface area contributed by atoms with E-state index in [1.165, 1.54) is 0 Å². The number of para-hydroxylation sites is 1. The molecule has 0 spiro atoms. The Morgan fingerprint density at radius 2 is 2.27 bits per heavy atom. The normalized spacial score (nSPS) is 10.5. The van der Waals surface area contributed by atoms with Gasteiger partial charge in [-0.15, -0.1) is 11.3 Å². The number of hydrogen-bond donors (Lipinski definition) is 2. The predicted octanol–water partition coefficient (Wildman–Crippen LogP) is 1.84. The second-order valence-corrected chi connectivity index (χ2v) is 4.44. The lowest BCUT2D eigenvalue weighted by molar-refractivity contribution is -0.118. The van der Waals surface area contributed by atoms with E-state index in [1.54, 1.807) is 11.3 Å². The quantitative estimate of drug-likeness (QED) is 0.801.